The third kappa shape index (κ3) is 1.63. The van der Waals surface area contributed by atoms with Crippen LogP contribution in [0.3, 0.4) is 0 Å². The maximum Gasteiger partial charge on any atom is 0.220 e. The molecule has 1 aliphatic carbocycles. The molecule has 3 atom stereocenters. The maximum absolute atomic E-state index is 11.6. The summed E-state index contributed by atoms with van der Waals surface area (Å²) in [7, 11) is 0. The lowest BCUT2D eigenvalue weighted by Crippen LogP contribution is -2.35. The number of amides is 1. The first-order chi connectivity index (χ1) is 10.8. The van der Waals surface area contributed by atoms with Crippen LogP contribution in [-0.4, -0.2) is 31.5 Å². The molecule has 112 valence electrons. The summed E-state index contributed by atoms with van der Waals surface area (Å²) < 4.78 is 2.29. The summed E-state index contributed by atoms with van der Waals surface area (Å²) in [5, 5.41) is 4.25. The van der Waals surface area contributed by atoms with Gasteiger partial charge in [0.25, 0.3) is 0 Å². The SMILES string of the molecule is O=C1CC2CCC(n3cnc4cnc5[nH]ccc5c43)CC2N1. The molecular formula is C16H17N5O. The average Bonchev–Trinajstić information content (AvgIpc) is 3.21. The highest BCUT2D eigenvalue weighted by atomic mass is 16.2. The molecule has 0 radical (unpaired) electrons. The molecule has 1 amide bonds. The fraction of sp³-hybridized carbons (Fsp3) is 0.438. The van der Waals surface area contributed by atoms with Crippen molar-refractivity contribution >= 4 is 28.0 Å². The van der Waals surface area contributed by atoms with Crippen LogP contribution in [0.15, 0.2) is 24.8 Å². The zero-order chi connectivity index (χ0) is 14.7. The Balaban J connectivity index is 1.59. The molecule has 1 aliphatic heterocycles. The molecule has 2 fully saturated rings. The number of fused-ring (bicyclic) bond motifs is 4. The van der Waals surface area contributed by atoms with Crippen molar-refractivity contribution in [2.24, 2.45) is 5.92 Å². The van der Waals surface area contributed by atoms with Crippen molar-refractivity contribution in [3.05, 3.63) is 24.8 Å². The van der Waals surface area contributed by atoms with Gasteiger partial charge in [-0.2, -0.15) is 0 Å². The van der Waals surface area contributed by atoms with Gasteiger partial charge in [0.1, 0.15) is 11.2 Å². The van der Waals surface area contributed by atoms with Gasteiger partial charge in [0.15, 0.2) is 0 Å². The van der Waals surface area contributed by atoms with Crippen LogP contribution in [0.1, 0.15) is 31.7 Å². The van der Waals surface area contributed by atoms with E-state index >= 15 is 0 Å². The number of rotatable bonds is 1. The Bertz CT molecular complexity index is 879. The first kappa shape index (κ1) is 12.2. The smallest absolute Gasteiger partial charge is 0.220 e. The average molecular weight is 295 g/mol. The quantitative estimate of drug-likeness (QED) is 0.722. The van der Waals surface area contributed by atoms with Gasteiger partial charge in [-0.25, -0.2) is 9.97 Å². The van der Waals surface area contributed by atoms with Crippen molar-refractivity contribution in [1.82, 2.24) is 24.8 Å². The highest BCUT2D eigenvalue weighted by Crippen LogP contribution is 2.38. The summed E-state index contributed by atoms with van der Waals surface area (Å²) in [5.74, 6) is 0.732. The molecule has 3 unspecified atom stereocenters. The number of pyridine rings is 1. The van der Waals surface area contributed by atoms with Gasteiger partial charge in [0.2, 0.25) is 5.91 Å². The van der Waals surface area contributed by atoms with Crippen LogP contribution < -0.4 is 5.32 Å². The molecular weight excluding hydrogens is 278 g/mol. The Morgan fingerprint density at radius 3 is 3.18 bits per heavy atom. The van der Waals surface area contributed by atoms with Crippen molar-refractivity contribution in [2.45, 2.75) is 37.8 Å². The Kier molecular flexibility index (Phi) is 2.39. The van der Waals surface area contributed by atoms with E-state index in [9.17, 15) is 4.79 Å². The number of nitrogens with zero attached hydrogens (tertiary/aromatic N) is 3. The summed E-state index contributed by atoms with van der Waals surface area (Å²) in [6.07, 6.45) is 9.59. The molecule has 3 aromatic heterocycles. The minimum atomic E-state index is 0.211. The van der Waals surface area contributed by atoms with E-state index in [1.54, 1.807) is 0 Å². The van der Waals surface area contributed by atoms with Gasteiger partial charge in [0, 0.05) is 30.1 Å². The number of nitrogens with one attached hydrogen (secondary N) is 2. The second-order valence-electron chi connectivity index (χ2n) is 6.49. The number of carbonyl (C=O) groups excluding carboxylic acids is 1. The van der Waals surface area contributed by atoms with Gasteiger partial charge < -0.3 is 14.9 Å². The molecule has 1 saturated carbocycles. The van der Waals surface area contributed by atoms with E-state index in [1.165, 1.54) is 0 Å². The number of H-pyrrole nitrogens is 1. The van der Waals surface area contributed by atoms with Crippen LogP contribution in [0.25, 0.3) is 22.1 Å². The van der Waals surface area contributed by atoms with Gasteiger partial charge >= 0.3 is 0 Å². The standard InChI is InChI=1S/C16H17N5O/c22-14-5-9-1-2-10(6-12(9)20-14)21-8-19-13-7-18-16-11(15(13)21)3-4-17-16/h3-4,7-10,12H,1-2,5-6H2,(H,17,18)(H,20,22). The highest BCUT2D eigenvalue weighted by Gasteiger charge is 2.38. The fourth-order valence-corrected chi connectivity index (χ4v) is 4.20. The molecule has 2 N–H and O–H groups in total. The van der Waals surface area contributed by atoms with E-state index in [-0.39, 0.29) is 5.91 Å². The molecule has 22 heavy (non-hydrogen) atoms. The molecule has 6 nitrogen and oxygen atoms in total. The van der Waals surface area contributed by atoms with Crippen molar-refractivity contribution in [2.75, 3.05) is 0 Å². The van der Waals surface area contributed by atoms with Crippen LogP contribution in [-0.2, 0) is 4.79 Å². The number of hydrogen-bond acceptors (Lipinski definition) is 3. The minimum absolute atomic E-state index is 0.211. The molecule has 1 saturated heterocycles. The van der Waals surface area contributed by atoms with Crippen LogP contribution >= 0.6 is 0 Å². The monoisotopic (exact) mass is 295 g/mol. The zero-order valence-corrected chi connectivity index (χ0v) is 12.1. The van der Waals surface area contributed by atoms with Gasteiger partial charge in [-0.1, -0.05) is 0 Å². The van der Waals surface area contributed by atoms with Gasteiger partial charge in [-0.05, 0) is 31.2 Å². The molecule has 4 heterocycles. The van der Waals surface area contributed by atoms with E-state index in [1.807, 2.05) is 18.7 Å². The van der Waals surface area contributed by atoms with Crippen LogP contribution in [0.2, 0.25) is 0 Å². The van der Waals surface area contributed by atoms with E-state index in [2.05, 4.69) is 30.9 Å². The zero-order valence-electron chi connectivity index (χ0n) is 12.1. The normalized spacial score (nSPS) is 28.2. The number of carbonyl (C=O) groups is 1. The summed E-state index contributed by atoms with van der Waals surface area (Å²) in [6.45, 7) is 0. The van der Waals surface area contributed by atoms with Gasteiger partial charge in [0.05, 0.1) is 18.0 Å². The lowest BCUT2D eigenvalue weighted by atomic mass is 9.82. The summed E-state index contributed by atoms with van der Waals surface area (Å²) in [5.41, 5.74) is 2.99. The molecule has 2 aliphatic rings. The Morgan fingerprint density at radius 1 is 1.27 bits per heavy atom. The molecule has 0 spiro atoms. The topological polar surface area (TPSA) is 75.6 Å². The second-order valence-corrected chi connectivity index (χ2v) is 6.49. The number of hydrogen-bond donors (Lipinski definition) is 2. The van der Waals surface area contributed by atoms with Crippen molar-refractivity contribution in [1.29, 1.82) is 0 Å². The summed E-state index contributed by atoms with van der Waals surface area (Å²) in [6, 6.07) is 2.78. The number of aromatic nitrogens is 4. The Morgan fingerprint density at radius 2 is 2.23 bits per heavy atom. The lowest BCUT2D eigenvalue weighted by molar-refractivity contribution is -0.119. The molecule has 5 rings (SSSR count). The Hall–Kier alpha value is -2.37. The minimum Gasteiger partial charge on any atom is -0.353 e. The first-order valence-corrected chi connectivity index (χ1v) is 7.87. The Labute approximate surface area is 126 Å². The van der Waals surface area contributed by atoms with Crippen molar-refractivity contribution in [3.63, 3.8) is 0 Å². The van der Waals surface area contributed by atoms with Crippen LogP contribution in [0, 0.1) is 5.92 Å². The highest BCUT2D eigenvalue weighted by molar-refractivity contribution is 6.00. The summed E-state index contributed by atoms with van der Waals surface area (Å²) in [4.78, 5) is 23.7. The largest absolute Gasteiger partial charge is 0.353 e. The predicted octanol–water partition coefficient (Wildman–Crippen LogP) is 2.14. The second kappa shape index (κ2) is 4.32. The third-order valence-corrected chi connectivity index (χ3v) is 5.27. The van der Waals surface area contributed by atoms with Gasteiger partial charge in [-0.3, -0.25) is 4.79 Å². The number of aromatic amines is 1. The van der Waals surface area contributed by atoms with Crippen LogP contribution in [0.5, 0.6) is 0 Å². The third-order valence-electron chi connectivity index (χ3n) is 5.27. The summed E-state index contributed by atoms with van der Waals surface area (Å²) >= 11 is 0. The molecule has 0 aromatic carbocycles. The van der Waals surface area contributed by atoms with Crippen molar-refractivity contribution in [3.8, 4) is 0 Å². The first-order valence-electron chi connectivity index (χ1n) is 7.87. The van der Waals surface area contributed by atoms with Crippen molar-refractivity contribution < 1.29 is 4.79 Å². The van der Waals surface area contributed by atoms with E-state index in [4.69, 9.17) is 0 Å². The fourth-order valence-electron chi connectivity index (χ4n) is 4.20. The van der Waals surface area contributed by atoms with E-state index < -0.39 is 0 Å². The van der Waals surface area contributed by atoms with Crippen LogP contribution in [0.4, 0.5) is 0 Å². The molecule has 6 heteroatoms. The predicted molar refractivity (Wildman–Crippen MR) is 82.3 cm³/mol. The molecule has 0 bridgehead atoms. The molecule has 3 aromatic rings. The van der Waals surface area contributed by atoms with E-state index in [0.29, 0.717) is 24.4 Å². The van der Waals surface area contributed by atoms with Gasteiger partial charge in [-0.15, -0.1) is 0 Å². The number of imidazole rings is 1. The van der Waals surface area contributed by atoms with E-state index in [0.717, 1.165) is 41.3 Å². The lowest BCUT2D eigenvalue weighted by Gasteiger charge is -2.32. The maximum atomic E-state index is 11.6.